The molecule has 0 spiro atoms. The van der Waals surface area contributed by atoms with E-state index in [1.165, 1.54) is 0 Å². The van der Waals surface area contributed by atoms with Crippen LogP contribution < -0.4 is 5.73 Å². The summed E-state index contributed by atoms with van der Waals surface area (Å²) in [6, 6.07) is 6.24. The summed E-state index contributed by atoms with van der Waals surface area (Å²) in [7, 11) is 0. The zero-order chi connectivity index (χ0) is 14.0. The second-order valence-electron chi connectivity index (χ2n) is 5.50. The Morgan fingerprint density at radius 1 is 1.53 bits per heavy atom. The molecule has 0 saturated carbocycles. The lowest BCUT2D eigenvalue weighted by atomic mass is 10.0. The Morgan fingerprint density at radius 2 is 2.26 bits per heavy atom. The number of nitrogens with two attached hydrogens (primary N) is 1. The van der Waals surface area contributed by atoms with Crippen LogP contribution in [0.5, 0.6) is 0 Å². The standard InChI is InChI=1S/C14H20BrClN2O/c1-14(2)9-18(5-6-19-14)13(8-17)10-3-4-11(15)12(16)7-10/h3-4,7,13H,5-6,8-9,17H2,1-2H3. The van der Waals surface area contributed by atoms with Crippen LogP contribution in [0.4, 0.5) is 0 Å². The van der Waals surface area contributed by atoms with Crippen molar-refractivity contribution < 1.29 is 4.74 Å². The van der Waals surface area contributed by atoms with E-state index in [4.69, 9.17) is 22.1 Å². The van der Waals surface area contributed by atoms with Gasteiger partial charge in [-0.2, -0.15) is 0 Å². The summed E-state index contributed by atoms with van der Waals surface area (Å²) in [4.78, 5) is 2.38. The molecule has 1 aliphatic heterocycles. The van der Waals surface area contributed by atoms with Crippen LogP contribution in [0.1, 0.15) is 25.5 Å². The molecule has 5 heteroatoms. The van der Waals surface area contributed by atoms with Crippen LogP contribution in [0.2, 0.25) is 5.02 Å². The largest absolute Gasteiger partial charge is 0.373 e. The van der Waals surface area contributed by atoms with Crippen molar-refractivity contribution in [1.29, 1.82) is 0 Å². The highest BCUT2D eigenvalue weighted by Crippen LogP contribution is 2.30. The van der Waals surface area contributed by atoms with Crippen LogP contribution in [0, 0.1) is 0 Å². The van der Waals surface area contributed by atoms with Crippen molar-refractivity contribution in [2.75, 3.05) is 26.2 Å². The highest BCUT2D eigenvalue weighted by Gasteiger charge is 2.31. The summed E-state index contributed by atoms with van der Waals surface area (Å²) in [6.45, 7) is 7.33. The number of rotatable bonds is 3. The summed E-state index contributed by atoms with van der Waals surface area (Å²) in [5.74, 6) is 0. The summed E-state index contributed by atoms with van der Waals surface area (Å²) in [5, 5.41) is 0.725. The first-order chi connectivity index (χ1) is 8.93. The molecule has 3 nitrogen and oxygen atoms in total. The Balaban J connectivity index is 2.21. The molecular formula is C14H20BrClN2O. The van der Waals surface area contributed by atoms with E-state index >= 15 is 0 Å². The van der Waals surface area contributed by atoms with Crippen LogP contribution in [0.25, 0.3) is 0 Å². The van der Waals surface area contributed by atoms with E-state index in [1.54, 1.807) is 0 Å². The topological polar surface area (TPSA) is 38.5 Å². The lowest BCUT2D eigenvalue weighted by molar-refractivity contribution is -0.0967. The van der Waals surface area contributed by atoms with E-state index < -0.39 is 0 Å². The van der Waals surface area contributed by atoms with Gasteiger partial charge in [0.05, 0.1) is 17.2 Å². The van der Waals surface area contributed by atoms with E-state index in [-0.39, 0.29) is 11.6 Å². The van der Waals surface area contributed by atoms with Gasteiger partial charge in [-0.05, 0) is 47.5 Å². The number of nitrogens with zero attached hydrogens (tertiary/aromatic N) is 1. The van der Waals surface area contributed by atoms with E-state index in [2.05, 4.69) is 40.7 Å². The molecule has 0 radical (unpaired) electrons. The van der Waals surface area contributed by atoms with Gasteiger partial charge >= 0.3 is 0 Å². The maximum absolute atomic E-state index is 6.18. The van der Waals surface area contributed by atoms with Gasteiger partial charge in [0, 0.05) is 30.1 Å². The van der Waals surface area contributed by atoms with Crippen molar-refractivity contribution >= 4 is 27.5 Å². The van der Waals surface area contributed by atoms with Crippen molar-refractivity contribution in [3.63, 3.8) is 0 Å². The average molecular weight is 348 g/mol. The first-order valence-corrected chi connectivity index (χ1v) is 7.63. The second kappa shape index (κ2) is 6.10. The molecular weight excluding hydrogens is 328 g/mol. The molecule has 1 aromatic carbocycles. The summed E-state index contributed by atoms with van der Waals surface area (Å²) < 4.78 is 6.67. The van der Waals surface area contributed by atoms with Crippen molar-refractivity contribution in [2.45, 2.75) is 25.5 Å². The van der Waals surface area contributed by atoms with Gasteiger partial charge in [0.15, 0.2) is 0 Å². The smallest absolute Gasteiger partial charge is 0.0753 e. The molecule has 0 amide bonds. The molecule has 2 N–H and O–H groups in total. The second-order valence-corrected chi connectivity index (χ2v) is 6.77. The SMILES string of the molecule is CC1(C)CN(C(CN)c2ccc(Br)c(Cl)c2)CCO1. The lowest BCUT2D eigenvalue weighted by Crippen LogP contribution is -2.50. The molecule has 1 aromatic rings. The number of hydrogen-bond donors (Lipinski definition) is 1. The number of morpholine rings is 1. The fraction of sp³-hybridized carbons (Fsp3) is 0.571. The molecule has 1 atom stereocenters. The highest BCUT2D eigenvalue weighted by molar-refractivity contribution is 9.10. The predicted octanol–water partition coefficient (Wildman–Crippen LogP) is 3.21. The lowest BCUT2D eigenvalue weighted by Gasteiger charge is -2.42. The summed E-state index contributed by atoms with van der Waals surface area (Å²) >= 11 is 9.60. The van der Waals surface area contributed by atoms with E-state index in [0.717, 1.165) is 34.8 Å². The number of ether oxygens (including phenoxy) is 1. The van der Waals surface area contributed by atoms with Crippen molar-refractivity contribution in [1.82, 2.24) is 4.90 Å². The molecule has 0 aliphatic carbocycles. The average Bonchev–Trinajstić information content (AvgIpc) is 2.33. The maximum Gasteiger partial charge on any atom is 0.0753 e. The van der Waals surface area contributed by atoms with Crippen LogP contribution >= 0.6 is 27.5 Å². The number of benzene rings is 1. The fourth-order valence-corrected chi connectivity index (χ4v) is 2.97. The van der Waals surface area contributed by atoms with Gasteiger partial charge in [0.1, 0.15) is 0 Å². The van der Waals surface area contributed by atoms with Gasteiger partial charge in [-0.15, -0.1) is 0 Å². The number of halogens is 2. The van der Waals surface area contributed by atoms with Gasteiger partial charge < -0.3 is 10.5 Å². The molecule has 1 fully saturated rings. The van der Waals surface area contributed by atoms with Gasteiger partial charge in [-0.3, -0.25) is 4.90 Å². The Labute approximate surface area is 128 Å². The van der Waals surface area contributed by atoms with Crippen molar-refractivity contribution in [3.05, 3.63) is 33.3 Å². The first-order valence-electron chi connectivity index (χ1n) is 6.46. The van der Waals surface area contributed by atoms with Gasteiger partial charge in [-0.25, -0.2) is 0 Å². The van der Waals surface area contributed by atoms with E-state index in [0.29, 0.717) is 6.54 Å². The molecule has 0 aromatic heterocycles. The van der Waals surface area contributed by atoms with Crippen LogP contribution in [-0.2, 0) is 4.74 Å². The molecule has 19 heavy (non-hydrogen) atoms. The van der Waals surface area contributed by atoms with Crippen molar-refractivity contribution in [3.8, 4) is 0 Å². The van der Waals surface area contributed by atoms with Crippen LogP contribution in [0.3, 0.4) is 0 Å². The van der Waals surface area contributed by atoms with Gasteiger partial charge in [0.25, 0.3) is 0 Å². The highest BCUT2D eigenvalue weighted by atomic mass is 79.9. The Hall–Kier alpha value is -0.130. The minimum Gasteiger partial charge on any atom is -0.373 e. The van der Waals surface area contributed by atoms with Crippen LogP contribution in [-0.4, -0.2) is 36.7 Å². The minimum atomic E-state index is -0.120. The zero-order valence-corrected chi connectivity index (χ0v) is 13.7. The molecule has 1 saturated heterocycles. The summed E-state index contributed by atoms with van der Waals surface area (Å²) in [5.41, 5.74) is 7.02. The molecule has 106 valence electrons. The Morgan fingerprint density at radius 3 is 2.84 bits per heavy atom. The third kappa shape index (κ3) is 3.70. The Bertz CT molecular complexity index is 453. The molecule has 1 aliphatic rings. The third-order valence-corrected chi connectivity index (χ3v) is 4.68. The van der Waals surface area contributed by atoms with E-state index in [1.807, 2.05) is 12.1 Å². The first kappa shape index (κ1) is 15.3. The molecule has 1 unspecified atom stereocenters. The fourth-order valence-electron chi connectivity index (χ4n) is 2.53. The quantitative estimate of drug-likeness (QED) is 0.912. The molecule has 1 heterocycles. The van der Waals surface area contributed by atoms with Gasteiger partial charge in [0.2, 0.25) is 0 Å². The monoisotopic (exact) mass is 346 g/mol. The van der Waals surface area contributed by atoms with E-state index in [9.17, 15) is 0 Å². The third-order valence-electron chi connectivity index (χ3n) is 3.45. The molecule has 2 rings (SSSR count). The molecule has 0 bridgehead atoms. The van der Waals surface area contributed by atoms with Crippen molar-refractivity contribution in [2.24, 2.45) is 5.73 Å². The number of hydrogen-bond acceptors (Lipinski definition) is 3. The maximum atomic E-state index is 6.18. The minimum absolute atomic E-state index is 0.120. The Kier molecular flexibility index (Phi) is 4.90. The van der Waals surface area contributed by atoms with Crippen LogP contribution in [0.15, 0.2) is 22.7 Å². The summed E-state index contributed by atoms with van der Waals surface area (Å²) in [6.07, 6.45) is 0. The van der Waals surface area contributed by atoms with Gasteiger partial charge in [-0.1, -0.05) is 17.7 Å². The normalized spacial score (nSPS) is 21.3. The predicted molar refractivity (Wildman–Crippen MR) is 82.6 cm³/mol. The zero-order valence-electron chi connectivity index (χ0n) is 11.3.